The molecule has 110 valence electrons. The number of alkyl halides is 3. The lowest BCUT2D eigenvalue weighted by Crippen LogP contribution is -2.19. The zero-order chi connectivity index (χ0) is 14.3. The van der Waals surface area contributed by atoms with Crippen molar-refractivity contribution >= 4 is 11.4 Å². The van der Waals surface area contributed by atoms with Gasteiger partial charge in [0.25, 0.3) is 0 Å². The molecular weight excluding hydrogens is 265 g/mol. The quantitative estimate of drug-likeness (QED) is 0.798. The zero-order valence-corrected chi connectivity index (χ0v) is 11.2. The molecule has 2 saturated carbocycles. The van der Waals surface area contributed by atoms with E-state index in [1.807, 2.05) is 0 Å². The molecule has 1 aromatic rings. The molecule has 1 aromatic carbocycles. The highest BCUT2D eigenvalue weighted by molar-refractivity contribution is 5.67. The summed E-state index contributed by atoms with van der Waals surface area (Å²) >= 11 is 0. The number of nitrogens with one attached hydrogen (secondary N) is 1. The van der Waals surface area contributed by atoms with E-state index in [1.54, 1.807) is 0 Å². The lowest BCUT2D eigenvalue weighted by Gasteiger charge is -2.18. The molecule has 0 bridgehead atoms. The average molecular weight is 284 g/mol. The second kappa shape index (κ2) is 4.86. The van der Waals surface area contributed by atoms with Crippen molar-refractivity contribution in [3.8, 4) is 0 Å². The molecule has 0 atom stereocenters. The summed E-state index contributed by atoms with van der Waals surface area (Å²) in [5, 5.41) is 3.24. The number of hydrogen-bond donors (Lipinski definition) is 2. The van der Waals surface area contributed by atoms with E-state index in [1.165, 1.54) is 31.7 Å². The topological polar surface area (TPSA) is 38.0 Å². The van der Waals surface area contributed by atoms with Gasteiger partial charge in [-0.1, -0.05) is 0 Å². The summed E-state index contributed by atoms with van der Waals surface area (Å²) in [6.45, 7) is 0.824. The van der Waals surface area contributed by atoms with Crippen LogP contribution in [0.25, 0.3) is 0 Å². The minimum absolute atomic E-state index is 0.171. The summed E-state index contributed by atoms with van der Waals surface area (Å²) in [5.41, 5.74) is 5.82. The predicted octanol–water partition coefficient (Wildman–Crippen LogP) is 4.14. The van der Waals surface area contributed by atoms with Crippen LogP contribution >= 0.6 is 0 Å². The molecule has 0 saturated heterocycles. The van der Waals surface area contributed by atoms with Gasteiger partial charge in [0.05, 0.1) is 16.9 Å². The van der Waals surface area contributed by atoms with Gasteiger partial charge in [0.1, 0.15) is 0 Å². The van der Waals surface area contributed by atoms with Crippen LogP contribution in [0.3, 0.4) is 0 Å². The highest BCUT2D eigenvalue weighted by atomic mass is 19.4. The zero-order valence-electron chi connectivity index (χ0n) is 11.2. The van der Waals surface area contributed by atoms with Crippen LogP contribution in [0.4, 0.5) is 24.5 Å². The Kier molecular flexibility index (Phi) is 3.30. The third-order valence-corrected chi connectivity index (χ3v) is 4.36. The van der Waals surface area contributed by atoms with Crippen molar-refractivity contribution in [2.45, 2.75) is 31.9 Å². The third kappa shape index (κ3) is 3.02. The molecule has 3 N–H and O–H groups in total. The van der Waals surface area contributed by atoms with E-state index in [2.05, 4.69) is 5.32 Å². The Balaban J connectivity index is 1.65. The molecule has 2 aliphatic carbocycles. The Hall–Kier alpha value is -1.39. The van der Waals surface area contributed by atoms with Gasteiger partial charge < -0.3 is 11.1 Å². The van der Waals surface area contributed by atoms with E-state index in [9.17, 15) is 13.2 Å². The third-order valence-electron chi connectivity index (χ3n) is 4.36. The molecule has 3 rings (SSSR count). The minimum atomic E-state index is -4.34. The Morgan fingerprint density at radius 1 is 1.15 bits per heavy atom. The van der Waals surface area contributed by atoms with Crippen LogP contribution in [0, 0.1) is 17.8 Å². The van der Waals surface area contributed by atoms with Crippen molar-refractivity contribution in [3.63, 3.8) is 0 Å². The van der Waals surface area contributed by atoms with E-state index in [0.29, 0.717) is 11.6 Å². The smallest absolute Gasteiger partial charge is 0.397 e. The van der Waals surface area contributed by atoms with Gasteiger partial charge in [-0.15, -0.1) is 0 Å². The molecule has 2 aliphatic rings. The molecule has 0 heterocycles. The highest BCUT2D eigenvalue weighted by Crippen LogP contribution is 2.49. The maximum Gasteiger partial charge on any atom is 0.416 e. The summed E-state index contributed by atoms with van der Waals surface area (Å²) in [6, 6.07) is 3.53. The summed E-state index contributed by atoms with van der Waals surface area (Å²) in [6.07, 6.45) is 0.852. The number of rotatable bonds is 5. The van der Waals surface area contributed by atoms with E-state index in [4.69, 9.17) is 5.73 Å². The van der Waals surface area contributed by atoms with E-state index in [0.717, 1.165) is 30.5 Å². The van der Waals surface area contributed by atoms with Crippen molar-refractivity contribution < 1.29 is 13.2 Å². The first-order valence-electron chi connectivity index (χ1n) is 7.16. The molecule has 2 fully saturated rings. The van der Waals surface area contributed by atoms with Crippen LogP contribution < -0.4 is 11.1 Å². The van der Waals surface area contributed by atoms with Gasteiger partial charge in [-0.2, -0.15) is 13.2 Å². The first-order valence-corrected chi connectivity index (χ1v) is 7.16. The number of nitrogen functional groups attached to an aromatic ring is 1. The predicted molar refractivity (Wildman–Crippen MR) is 73.3 cm³/mol. The number of anilines is 2. The molecule has 0 aliphatic heterocycles. The molecular formula is C15H19F3N2. The molecule has 5 heteroatoms. The van der Waals surface area contributed by atoms with Crippen LogP contribution in [0.1, 0.15) is 31.2 Å². The van der Waals surface area contributed by atoms with Gasteiger partial charge >= 0.3 is 6.18 Å². The van der Waals surface area contributed by atoms with Gasteiger partial charge in [0, 0.05) is 6.54 Å². The van der Waals surface area contributed by atoms with E-state index >= 15 is 0 Å². The SMILES string of the molecule is Nc1cc(C(F)(F)F)ccc1NCC(C1CC1)C1CC1. The minimum Gasteiger partial charge on any atom is -0.397 e. The van der Waals surface area contributed by atoms with Crippen molar-refractivity contribution in [2.75, 3.05) is 17.6 Å². The number of hydrogen-bond acceptors (Lipinski definition) is 2. The fraction of sp³-hybridized carbons (Fsp3) is 0.600. The summed E-state index contributed by atoms with van der Waals surface area (Å²) in [5.74, 6) is 2.29. The van der Waals surface area contributed by atoms with Crippen LogP contribution in [-0.2, 0) is 6.18 Å². The van der Waals surface area contributed by atoms with Crippen molar-refractivity contribution in [2.24, 2.45) is 17.8 Å². The van der Waals surface area contributed by atoms with Gasteiger partial charge in [0.15, 0.2) is 0 Å². The van der Waals surface area contributed by atoms with Gasteiger partial charge in [-0.3, -0.25) is 0 Å². The summed E-state index contributed by atoms with van der Waals surface area (Å²) in [4.78, 5) is 0. The first-order chi connectivity index (χ1) is 9.45. The van der Waals surface area contributed by atoms with Crippen LogP contribution in [-0.4, -0.2) is 6.54 Å². The van der Waals surface area contributed by atoms with Gasteiger partial charge in [-0.25, -0.2) is 0 Å². The number of halogens is 3. The molecule has 0 aromatic heterocycles. The number of nitrogens with two attached hydrogens (primary N) is 1. The normalized spacial score (nSPS) is 19.4. The fourth-order valence-electron chi connectivity index (χ4n) is 2.89. The second-order valence-electron chi connectivity index (χ2n) is 6.02. The Morgan fingerprint density at radius 2 is 1.75 bits per heavy atom. The lowest BCUT2D eigenvalue weighted by molar-refractivity contribution is -0.137. The van der Waals surface area contributed by atoms with Crippen molar-refractivity contribution in [1.82, 2.24) is 0 Å². The maximum absolute atomic E-state index is 12.6. The molecule has 0 amide bonds. The standard InChI is InChI=1S/C15H19F3N2/c16-15(17,18)11-5-6-14(13(19)7-11)20-8-12(9-1-2-9)10-3-4-10/h5-7,9-10,12,20H,1-4,8,19H2. The molecule has 2 nitrogen and oxygen atoms in total. The van der Waals surface area contributed by atoms with Crippen LogP contribution in [0.15, 0.2) is 18.2 Å². The van der Waals surface area contributed by atoms with Crippen LogP contribution in [0.2, 0.25) is 0 Å². The lowest BCUT2D eigenvalue weighted by atomic mass is 9.98. The Labute approximate surface area is 116 Å². The summed E-state index contributed by atoms with van der Waals surface area (Å²) < 4.78 is 37.7. The van der Waals surface area contributed by atoms with Crippen molar-refractivity contribution in [1.29, 1.82) is 0 Å². The van der Waals surface area contributed by atoms with Crippen LogP contribution in [0.5, 0.6) is 0 Å². The van der Waals surface area contributed by atoms with Gasteiger partial charge in [0.2, 0.25) is 0 Å². The van der Waals surface area contributed by atoms with E-state index < -0.39 is 11.7 Å². The molecule has 0 spiro atoms. The largest absolute Gasteiger partial charge is 0.416 e. The van der Waals surface area contributed by atoms with E-state index in [-0.39, 0.29) is 5.69 Å². The molecule has 0 radical (unpaired) electrons. The highest BCUT2D eigenvalue weighted by Gasteiger charge is 2.41. The molecule has 20 heavy (non-hydrogen) atoms. The van der Waals surface area contributed by atoms with Crippen molar-refractivity contribution in [3.05, 3.63) is 23.8 Å². The maximum atomic E-state index is 12.6. The Morgan fingerprint density at radius 3 is 2.20 bits per heavy atom. The summed E-state index contributed by atoms with van der Waals surface area (Å²) in [7, 11) is 0. The second-order valence-corrected chi connectivity index (χ2v) is 6.02. The molecule has 0 unspecified atom stereocenters. The van der Waals surface area contributed by atoms with Gasteiger partial charge in [-0.05, 0) is 61.6 Å². The monoisotopic (exact) mass is 284 g/mol. The average Bonchev–Trinajstić information content (AvgIpc) is 3.24. The fourth-order valence-corrected chi connectivity index (χ4v) is 2.89. The number of benzene rings is 1. The Bertz CT molecular complexity index is 478. The first kappa shape index (κ1) is 13.6.